The molecule has 2 N–H and O–H groups in total. The summed E-state index contributed by atoms with van der Waals surface area (Å²) in [6.45, 7) is 2.97. The van der Waals surface area contributed by atoms with Gasteiger partial charge in [-0.3, -0.25) is 4.79 Å². The number of hydrogen-bond donors (Lipinski definition) is 1. The summed E-state index contributed by atoms with van der Waals surface area (Å²) in [6, 6.07) is 5.31. The molecule has 0 unspecified atom stereocenters. The Labute approximate surface area is 120 Å². The summed E-state index contributed by atoms with van der Waals surface area (Å²) in [5, 5.41) is 0. The molecule has 0 aliphatic heterocycles. The van der Waals surface area contributed by atoms with E-state index in [1.165, 1.54) is 0 Å². The van der Waals surface area contributed by atoms with Gasteiger partial charge in [-0.15, -0.1) is 0 Å². The molecule has 0 saturated heterocycles. The Bertz CT molecular complexity index is 592. The van der Waals surface area contributed by atoms with Crippen molar-refractivity contribution in [3.05, 3.63) is 46.5 Å². The zero-order chi connectivity index (χ0) is 13.8. The number of nitrogens with zero attached hydrogens (tertiary/aromatic N) is 2. The number of ketones is 1. The molecule has 0 amide bonds. The van der Waals surface area contributed by atoms with Gasteiger partial charge in [0.1, 0.15) is 5.82 Å². The fraction of sp³-hybridized carbons (Fsp3) is 0.286. The number of benzene rings is 1. The molecule has 2 rings (SSSR count). The quantitative estimate of drug-likeness (QED) is 0.680. The number of halogens is 1. The maximum atomic E-state index is 12.3. The van der Waals surface area contributed by atoms with Crippen molar-refractivity contribution >= 4 is 27.4 Å². The normalized spacial score (nSPS) is 10.6. The predicted molar refractivity (Wildman–Crippen MR) is 79.1 cm³/mol. The molecule has 0 spiro atoms. The van der Waals surface area contributed by atoms with Crippen LogP contribution < -0.4 is 5.73 Å². The highest BCUT2D eigenvalue weighted by Crippen LogP contribution is 2.20. The fourth-order valence-corrected chi connectivity index (χ4v) is 2.36. The van der Waals surface area contributed by atoms with Crippen LogP contribution in [0.25, 0.3) is 0 Å². The lowest BCUT2D eigenvalue weighted by Gasteiger charge is -2.07. The van der Waals surface area contributed by atoms with Gasteiger partial charge >= 0.3 is 0 Å². The van der Waals surface area contributed by atoms with Crippen molar-refractivity contribution < 1.29 is 4.79 Å². The summed E-state index contributed by atoms with van der Waals surface area (Å²) < 4.78 is 2.88. The molecule has 1 aromatic carbocycles. The first-order valence-electron chi connectivity index (χ1n) is 6.20. The van der Waals surface area contributed by atoms with Crippen molar-refractivity contribution in [1.82, 2.24) is 9.55 Å². The molecule has 0 aliphatic carbocycles. The number of aromatic nitrogens is 2. The van der Waals surface area contributed by atoms with Crippen molar-refractivity contribution in [2.24, 2.45) is 0 Å². The Kier molecular flexibility index (Phi) is 4.37. The van der Waals surface area contributed by atoms with Crippen LogP contribution in [-0.4, -0.2) is 15.3 Å². The Morgan fingerprint density at radius 3 is 2.95 bits per heavy atom. The second-order valence-corrected chi connectivity index (χ2v) is 5.28. The van der Waals surface area contributed by atoms with Gasteiger partial charge in [0.25, 0.3) is 0 Å². The molecule has 0 fully saturated rings. The van der Waals surface area contributed by atoms with E-state index in [0.717, 1.165) is 23.3 Å². The average molecular weight is 322 g/mol. The predicted octanol–water partition coefficient (Wildman–Crippen LogP) is 3.06. The largest absolute Gasteiger partial charge is 0.398 e. The first-order valence-corrected chi connectivity index (χ1v) is 6.99. The van der Waals surface area contributed by atoms with E-state index < -0.39 is 0 Å². The second-order valence-electron chi connectivity index (χ2n) is 4.37. The van der Waals surface area contributed by atoms with E-state index in [2.05, 4.69) is 27.8 Å². The number of aryl methyl sites for hydroxylation is 1. The topological polar surface area (TPSA) is 60.9 Å². The standard InChI is InChI=1S/C14H16BrN3O/c1-2-6-18-7-5-17-14(18)9-13(19)11-4-3-10(15)8-12(11)16/h3-5,7-8H,2,6,9,16H2,1H3. The molecule has 5 heteroatoms. The number of nitrogens with two attached hydrogens (primary N) is 1. The molecular formula is C14H16BrN3O. The molecule has 0 aliphatic rings. The molecule has 0 bridgehead atoms. The summed E-state index contributed by atoms with van der Waals surface area (Å²) in [5.74, 6) is 0.780. The number of nitrogen functional groups attached to an aromatic ring is 1. The smallest absolute Gasteiger partial charge is 0.172 e. The van der Waals surface area contributed by atoms with E-state index in [1.807, 2.05) is 16.8 Å². The Balaban J connectivity index is 2.18. The number of imidazole rings is 1. The van der Waals surface area contributed by atoms with Gasteiger partial charge in [0.2, 0.25) is 0 Å². The van der Waals surface area contributed by atoms with Crippen LogP contribution in [0.1, 0.15) is 29.5 Å². The minimum atomic E-state index is -0.00597. The van der Waals surface area contributed by atoms with Gasteiger partial charge in [0, 0.05) is 34.7 Å². The highest BCUT2D eigenvalue weighted by atomic mass is 79.9. The van der Waals surface area contributed by atoms with Crippen molar-refractivity contribution in [2.45, 2.75) is 26.3 Å². The summed E-state index contributed by atoms with van der Waals surface area (Å²) in [6.07, 6.45) is 4.91. The van der Waals surface area contributed by atoms with Crippen molar-refractivity contribution in [3.63, 3.8) is 0 Å². The minimum Gasteiger partial charge on any atom is -0.398 e. The van der Waals surface area contributed by atoms with Crippen LogP contribution in [-0.2, 0) is 13.0 Å². The zero-order valence-electron chi connectivity index (χ0n) is 10.8. The molecule has 19 heavy (non-hydrogen) atoms. The van der Waals surface area contributed by atoms with Gasteiger partial charge in [-0.25, -0.2) is 4.98 Å². The molecule has 4 nitrogen and oxygen atoms in total. The third-order valence-corrected chi connectivity index (χ3v) is 3.39. The van der Waals surface area contributed by atoms with Crippen LogP contribution >= 0.6 is 15.9 Å². The lowest BCUT2D eigenvalue weighted by Crippen LogP contribution is -2.11. The third kappa shape index (κ3) is 3.23. The van der Waals surface area contributed by atoms with Crippen molar-refractivity contribution in [3.8, 4) is 0 Å². The highest BCUT2D eigenvalue weighted by molar-refractivity contribution is 9.10. The lowest BCUT2D eigenvalue weighted by molar-refractivity contribution is 0.0990. The molecule has 0 saturated carbocycles. The SMILES string of the molecule is CCCn1ccnc1CC(=O)c1ccc(Br)cc1N. The van der Waals surface area contributed by atoms with Crippen molar-refractivity contribution in [1.29, 1.82) is 0 Å². The lowest BCUT2D eigenvalue weighted by atomic mass is 10.1. The van der Waals surface area contributed by atoms with Gasteiger partial charge in [0.15, 0.2) is 5.78 Å². The van der Waals surface area contributed by atoms with Gasteiger partial charge in [-0.2, -0.15) is 0 Å². The maximum Gasteiger partial charge on any atom is 0.172 e. The van der Waals surface area contributed by atoms with Gasteiger partial charge in [-0.1, -0.05) is 22.9 Å². The number of anilines is 1. The van der Waals surface area contributed by atoms with Crippen LogP contribution in [0.3, 0.4) is 0 Å². The molecular weight excluding hydrogens is 306 g/mol. The molecule has 2 aromatic rings. The number of rotatable bonds is 5. The monoisotopic (exact) mass is 321 g/mol. The summed E-state index contributed by atoms with van der Waals surface area (Å²) >= 11 is 3.33. The van der Waals surface area contributed by atoms with E-state index in [1.54, 1.807) is 18.3 Å². The Morgan fingerprint density at radius 1 is 1.47 bits per heavy atom. The fourth-order valence-electron chi connectivity index (χ4n) is 1.98. The summed E-state index contributed by atoms with van der Waals surface area (Å²) in [7, 11) is 0. The summed E-state index contributed by atoms with van der Waals surface area (Å²) in [5.41, 5.74) is 6.91. The van der Waals surface area contributed by atoms with Crippen LogP contribution in [0.15, 0.2) is 35.1 Å². The van der Waals surface area contributed by atoms with Crippen LogP contribution in [0.5, 0.6) is 0 Å². The van der Waals surface area contributed by atoms with Gasteiger partial charge < -0.3 is 10.3 Å². The number of hydrogen-bond acceptors (Lipinski definition) is 3. The number of Topliss-reactive ketones (excluding diaryl/α,β-unsaturated/α-hetero) is 1. The summed E-state index contributed by atoms with van der Waals surface area (Å²) in [4.78, 5) is 16.5. The van der Waals surface area contributed by atoms with E-state index >= 15 is 0 Å². The third-order valence-electron chi connectivity index (χ3n) is 2.90. The van der Waals surface area contributed by atoms with Crippen LogP contribution in [0.2, 0.25) is 0 Å². The number of carbonyl (C=O) groups is 1. The Morgan fingerprint density at radius 2 is 2.26 bits per heavy atom. The second kappa shape index (κ2) is 6.02. The molecule has 100 valence electrons. The van der Waals surface area contributed by atoms with Gasteiger partial charge in [-0.05, 0) is 24.6 Å². The molecule has 0 radical (unpaired) electrons. The van der Waals surface area contributed by atoms with Crippen LogP contribution in [0, 0.1) is 0 Å². The highest BCUT2D eigenvalue weighted by Gasteiger charge is 2.13. The zero-order valence-corrected chi connectivity index (χ0v) is 12.4. The molecule has 1 heterocycles. The maximum absolute atomic E-state index is 12.3. The van der Waals surface area contributed by atoms with Crippen molar-refractivity contribution in [2.75, 3.05) is 5.73 Å². The Hall–Kier alpha value is -1.62. The van der Waals surface area contributed by atoms with Gasteiger partial charge in [0.05, 0.1) is 6.42 Å². The average Bonchev–Trinajstić information content (AvgIpc) is 2.77. The number of carbonyl (C=O) groups excluding carboxylic acids is 1. The van der Waals surface area contributed by atoms with Crippen LogP contribution in [0.4, 0.5) is 5.69 Å². The van der Waals surface area contributed by atoms with E-state index in [-0.39, 0.29) is 12.2 Å². The minimum absolute atomic E-state index is 0.00597. The van der Waals surface area contributed by atoms with E-state index in [9.17, 15) is 4.79 Å². The molecule has 1 aromatic heterocycles. The van der Waals surface area contributed by atoms with E-state index in [0.29, 0.717) is 11.3 Å². The van der Waals surface area contributed by atoms with E-state index in [4.69, 9.17) is 5.73 Å². The first kappa shape index (κ1) is 13.8. The molecule has 0 atom stereocenters. The first-order chi connectivity index (χ1) is 9.11.